The summed E-state index contributed by atoms with van der Waals surface area (Å²) < 4.78 is 25.2. The van der Waals surface area contributed by atoms with Crippen LogP contribution in [0.2, 0.25) is 0 Å². The third-order valence-corrected chi connectivity index (χ3v) is 3.31. The fraction of sp³-hybridized carbons (Fsp3) is 0.615. The Labute approximate surface area is 106 Å². The molecule has 1 aromatic rings. The molecule has 2 heterocycles. The number of aromatic nitrogens is 1. The number of nitrogens with zero attached hydrogens (tertiary/aromatic N) is 3. The van der Waals surface area contributed by atoms with Crippen LogP contribution in [-0.2, 0) is 0 Å². The Morgan fingerprint density at radius 3 is 2.89 bits per heavy atom. The lowest BCUT2D eigenvalue weighted by atomic mass is 10.2. The van der Waals surface area contributed by atoms with E-state index in [1.807, 2.05) is 6.07 Å². The van der Waals surface area contributed by atoms with E-state index in [9.17, 15) is 8.78 Å². The summed E-state index contributed by atoms with van der Waals surface area (Å²) in [5.74, 6) is 0.243. The van der Waals surface area contributed by atoms with Crippen LogP contribution in [-0.4, -0.2) is 48.8 Å². The molecule has 5 heteroatoms. The van der Waals surface area contributed by atoms with Gasteiger partial charge in [0.2, 0.25) is 5.95 Å². The molecule has 1 aliphatic heterocycles. The normalized spacial score (nSPS) is 21.3. The van der Waals surface area contributed by atoms with Crippen molar-refractivity contribution in [1.29, 1.82) is 0 Å². The van der Waals surface area contributed by atoms with Crippen LogP contribution >= 0.6 is 0 Å². The Morgan fingerprint density at radius 2 is 2.22 bits per heavy atom. The van der Waals surface area contributed by atoms with Crippen molar-refractivity contribution in [3.63, 3.8) is 0 Å². The Kier molecular flexibility index (Phi) is 4.47. The summed E-state index contributed by atoms with van der Waals surface area (Å²) in [7, 11) is 0. The highest BCUT2D eigenvalue weighted by atomic mass is 19.1. The van der Waals surface area contributed by atoms with Crippen LogP contribution < -0.4 is 4.90 Å². The van der Waals surface area contributed by atoms with Gasteiger partial charge in [-0.25, -0.2) is 4.98 Å². The predicted octanol–water partition coefficient (Wildman–Crippen LogP) is 2.09. The van der Waals surface area contributed by atoms with Gasteiger partial charge in [0.25, 0.3) is 0 Å². The minimum absolute atomic E-state index is 0.264. The van der Waals surface area contributed by atoms with Crippen LogP contribution in [0.15, 0.2) is 18.2 Å². The molecule has 0 aliphatic carbocycles. The maximum atomic E-state index is 13.1. The zero-order valence-corrected chi connectivity index (χ0v) is 10.6. The second-order valence-electron chi connectivity index (χ2n) is 4.70. The van der Waals surface area contributed by atoms with E-state index in [1.54, 1.807) is 6.07 Å². The molecule has 0 N–H and O–H groups in total. The fourth-order valence-corrected chi connectivity index (χ4v) is 2.42. The van der Waals surface area contributed by atoms with Crippen molar-refractivity contribution in [1.82, 2.24) is 9.88 Å². The van der Waals surface area contributed by atoms with Gasteiger partial charge >= 0.3 is 0 Å². The first kappa shape index (κ1) is 13.2. The topological polar surface area (TPSA) is 19.4 Å². The summed E-state index contributed by atoms with van der Waals surface area (Å²) in [5, 5.41) is 0. The van der Waals surface area contributed by atoms with Crippen LogP contribution in [0.4, 0.5) is 14.6 Å². The third-order valence-electron chi connectivity index (χ3n) is 3.31. The van der Waals surface area contributed by atoms with Crippen molar-refractivity contribution in [3.8, 4) is 0 Å². The number of piperazine rings is 1. The average Bonchev–Trinajstić information content (AvgIpc) is 2.36. The van der Waals surface area contributed by atoms with Crippen molar-refractivity contribution in [2.75, 3.05) is 37.8 Å². The van der Waals surface area contributed by atoms with Gasteiger partial charge in [0.15, 0.2) is 0 Å². The van der Waals surface area contributed by atoms with Gasteiger partial charge in [-0.2, -0.15) is 4.39 Å². The number of pyridine rings is 1. The van der Waals surface area contributed by atoms with Gasteiger partial charge in [0.05, 0.1) is 6.67 Å². The van der Waals surface area contributed by atoms with Crippen molar-refractivity contribution < 1.29 is 8.78 Å². The number of hydrogen-bond donors (Lipinski definition) is 0. The zero-order chi connectivity index (χ0) is 13.0. The highest BCUT2D eigenvalue weighted by molar-refractivity contribution is 5.40. The van der Waals surface area contributed by atoms with Gasteiger partial charge in [-0.3, -0.25) is 9.29 Å². The van der Waals surface area contributed by atoms with E-state index in [0.29, 0.717) is 12.2 Å². The monoisotopic (exact) mass is 255 g/mol. The molecular weight excluding hydrogens is 236 g/mol. The van der Waals surface area contributed by atoms with Crippen LogP contribution in [0.3, 0.4) is 0 Å². The highest BCUT2D eigenvalue weighted by Gasteiger charge is 2.24. The fourth-order valence-electron chi connectivity index (χ4n) is 2.42. The van der Waals surface area contributed by atoms with E-state index in [2.05, 4.69) is 21.7 Å². The lowest BCUT2D eigenvalue weighted by molar-refractivity contribution is 0.218. The van der Waals surface area contributed by atoms with Gasteiger partial charge in [-0.1, -0.05) is 6.07 Å². The second-order valence-corrected chi connectivity index (χ2v) is 4.70. The Balaban J connectivity index is 1.97. The lowest BCUT2D eigenvalue weighted by Gasteiger charge is -2.40. The molecule has 0 amide bonds. The molecule has 100 valence electrons. The quantitative estimate of drug-likeness (QED) is 0.768. The summed E-state index contributed by atoms with van der Waals surface area (Å²) in [6.45, 7) is 5.18. The Bertz CT molecular complexity index is 386. The standard InChI is InChI=1S/C13H19F2N3/c1-11-10-17(7-3-6-14)8-9-18(11)13-5-2-4-12(15)16-13/h2,4-5,11H,3,6-10H2,1H3. The first-order chi connectivity index (χ1) is 8.70. The van der Waals surface area contributed by atoms with Crippen LogP contribution in [0, 0.1) is 5.95 Å². The van der Waals surface area contributed by atoms with E-state index in [1.165, 1.54) is 6.07 Å². The van der Waals surface area contributed by atoms with Crippen molar-refractivity contribution in [3.05, 3.63) is 24.1 Å². The highest BCUT2D eigenvalue weighted by Crippen LogP contribution is 2.18. The molecule has 1 atom stereocenters. The van der Waals surface area contributed by atoms with Gasteiger partial charge < -0.3 is 4.90 Å². The van der Waals surface area contributed by atoms with Gasteiger partial charge in [-0.05, 0) is 25.5 Å². The summed E-state index contributed by atoms with van der Waals surface area (Å²) in [6.07, 6.45) is 0.588. The smallest absolute Gasteiger partial charge is 0.214 e. The molecule has 0 spiro atoms. The van der Waals surface area contributed by atoms with E-state index < -0.39 is 5.95 Å². The Morgan fingerprint density at radius 1 is 1.39 bits per heavy atom. The summed E-state index contributed by atoms with van der Waals surface area (Å²) >= 11 is 0. The molecule has 1 aromatic heterocycles. The largest absolute Gasteiger partial charge is 0.351 e. The summed E-state index contributed by atoms with van der Waals surface area (Å²) in [4.78, 5) is 8.27. The molecule has 2 rings (SSSR count). The SMILES string of the molecule is CC1CN(CCCF)CCN1c1cccc(F)n1. The van der Waals surface area contributed by atoms with Crippen molar-refractivity contribution in [2.45, 2.75) is 19.4 Å². The average molecular weight is 255 g/mol. The number of anilines is 1. The maximum absolute atomic E-state index is 13.1. The van der Waals surface area contributed by atoms with Crippen molar-refractivity contribution in [2.24, 2.45) is 0 Å². The van der Waals surface area contributed by atoms with Crippen LogP contribution in [0.5, 0.6) is 0 Å². The first-order valence-corrected chi connectivity index (χ1v) is 6.38. The number of halogens is 2. The molecule has 1 unspecified atom stereocenters. The van der Waals surface area contributed by atoms with Crippen molar-refractivity contribution >= 4 is 5.82 Å². The summed E-state index contributed by atoms with van der Waals surface area (Å²) in [6, 6.07) is 5.13. The molecule has 1 fully saturated rings. The van der Waals surface area contributed by atoms with Gasteiger partial charge in [0.1, 0.15) is 5.82 Å². The molecule has 0 saturated carbocycles. The molecular formula is C13H19F2N3. The number of alkyl halides is 1. The van der Waals surface area contributed by atoms with E-state index >= 15 is 0 Å². The minimum Gasteiger partial charge on any atom is -0.351 e. The molecule has 1 aliphatic rings. The number of hydrogen-bond acceptors (Lipinski definition) is 3. The minimum atomic E-state index is -0.445. The number of rotatable bonds is 4. The zero-order valence-electron chi connectivity index (χ0n) is 10.6. The van der Waals surface area contributed by atoms with E-state index in [-0.39, 0.29) is 12.7 Å². The predicted molar refractivity (Wildman–Crippen MR) is 68.0 cm³/mol. The van der Waals surface area contributed by atoms with Gasteiger partial charge in [-0.15, -0.1) is 0 Å². The second kappa shape index (κ2) is 6.09. The molecule has 0 aromatic carbocycles. The Hall–Kier alpha value is -1.23. The third kappa shape index (κ3) is 3.16. The molecule has 0 radical (unpaired) electrons. The summed E-state index contributed by atoms with van der Waals surface area (Å²) in [5.41, 5.74) is 0. The lowest BCUT2D eigenvalue weighted by Crippen LogP contribution is -2.52. The maximum Gasteiger partial charge on any atom is 0.214 e. The molecule has 3 nitrogen and oxygen atoms in total. The van der Waals surface area contributed by atoms with Crippen LogP contribution in [0.25, 0.3) is 0 Å². The first-order valence-electron chi connectivity index (χ1n) is 6.38. The molecule has 18 heavy (non-hydrogen) atoms. The van der Waals surface area contributed by atoms with E-state index in [0.717, 1.165) is 26.2 Å². The van der Waals surface area contributed by atoms with E-state index in [4.69, 9.17) is 0 Å². The molecule has 1 saturated heterocycles. The molecule has 0 bridgehead atoms. The van der Waals surface area contributed by atoms with Gasteiger partial charge in [0, 0.05) is 32.2 Å². The van der Waals surface area contributed by atoms with Crippen LogP contribution in [0.1, 0.15) is 13.3 Å².